The molecule has 0 radical (unpaired) electrons. The average Bonchev–Trinajstić information content (AvgIpc) is 2.22. The lowest BCUT2D eigenvalue weighted by Crippen LogP contribution is -2.57. The summed E-state index contributed by atoms with van der Waals surface area (Å²) in [6, 6.07) is 0.252. The number of halogens is 1. The molecule has 0 spiro atoms. The van der Waals surface area contributed by atoms with Crippen molar-refractivity contribution >= 4 is 17.5 Å². The molecule has 1 aromatic heterocycles. The van der Waals surface area contributed by atoms with Crippen molar-refractivity contribution in [2.75, 3.05) is 18.0 Å². The first-order valence-corrected chi connectivity index (χ1v) is 7.47. The Morgan fingerprint density at radius 3 is 2.19 bits per heavy atom. The number of anilines is 1. The first-order chi connectivity index (χ1) is 9.56. The summed E-state index contributed by atoms with van der Waals surface area (Å²) in [7, 11) is 0. The van der Waals surface area contributed by atoms with E-state index in [4.69, 9.17) is 21.1 Å². The molecular formula is C14H23ClN4O2. The van der Waals surface area contributed by atoms with Gasteiger partial charge in [-0.2, -0.15) is 15.0 Å². The van der Waals surface area contributed by atoms with Crippen molar-refractivity contribution in [2.24, 2.45) is 0 Å². The lowest BCUT2D eigenvalue weighted by Gasteiger charge is -2.47. The number of hydrogen-bond acceptors (Lipinski definition) is 6. The molecule has 0 unspecified atom stereocenters. The molecule has 1 saturated heterocycles. The van der Waals surface area contributed by atoms with E-state index in [1.807, 2.05) is 13.8 Å². The number of ether oxygens (including phenoxy) is 2. The molecule has 0 aliphatic carbocycles. The Bertz CT molecular complexity index is 504. The minimum Gasteiger partial charge on any atom is -0.461 e. The van der Waals surface area contributed by atoms with Crippen molar-refractivity contribution in [1.82, 2.24) is 15.0 Å². The Hall–Kier alpha value is -1.14. The third kappa shape index (κ3) is 4.41. The highest BCUT2D eigenvalue weighted by Crippen LogP contribution is 2.30. The van der Waals surface area contributed by atoms with Crippen LogP contribution < -0.4 is 9.64 Å². The molecule has 0 aromatic carbocycles. The Labute approximate surface area is 130 Å². The van der Waals surface area contributed by atoms with Crippen LogP contribution in [0, 0.1) is 0 Å². The lowest BCUT2D eigenvalue weighted by molar-refractivity contribution is -0.133. The van der Waals surface area contributed by atoms with E-state index in [-0.39, 0.29) is 28.6 Å². The number of aromatic nitrogens is 3. The SMILES string of the molecule is CC(C)Oc1nc(Cl)nc(N2CC(C)(C)OC(C)(C)C2)n1. The Morgan fingerprint density at radius 2 is 1.67 bits per heavy atom. The zero-order valence-electron chi connectivity index (χ0n) is 13.5. The van der Waals surface area contributed by atoms with Gasteiger partial charge in [0.05, 0.1) is 17.3 Å². The van der Waals surface area contributed by atoms with Gasteiger partial charge in [0.2, 0.25) is 11.2 Å². The van der Waals surface area contributed by atoms with Crippen molar-refractivity contribution < 1.29 is 9.47 Å². The molecule has 118 valence electrons. The molecule has 1 aliphatic rings. The van der Waals surface area contributed by atoms with Crippen molar-refractivity contribution in [2.45, 2.75) is 58.8 Å². The van der Waals surface area contributed by atoms with Crippen LogP contribution in [0.2, 0.25) is 5.28 Å². The summed E-state index contributed by atoms with van der Waals surface area (Å²) in [5, 5.41) is 0.137. The van der Waals surface area contributed by atoms with Crippen LogP contribution in [-0.2, 0) is 4.74 Å². The predicted octanol–water partition coefficient (Wildman–Crippen LogP) is 2.71. The molecular weight excluding hydrogens is 292 g/mol. The fourth-order valence-electron chi connectivity index (χ4n) is 2.66. The summed E-state index contributed by atoms with van der Waals surface area (Å²) < 4.78 is 11.6. The molecule has 2 heterocycles. The fraction of sp³-hybridized carbons (Fsp3) is 0.786. The van der Waals surface area contributed by atoms with E-state index in [0.717, 1.165) is 0 Å². The molecule has 1 fully saturated rings. The van der Waals surface area contributed by atoms with Gasteiger partial charge < -0.3 is 14.4 Å². The van der Waals surface area contributed by atoms with Gasteiger partial charge in [0.1, 0.15) is 0 Å². The first-order valence-electron chi connectivity index (χ1n) is 7.10. The van der Waals surface area contributed by atoms with Gasteiger partial charge in [0, 0.05) is 13.1 Å². The quantitative estimate of drug-likeness (QED) is 0.855. The Balaban J connectivity index is 2.30. The summed E-state index contributed by atoms with van der Waals surface area (Å²) in [6.07, 6.45) is -0.0195. The molecule has 0 atom stereocenters. The number of morpholine rings is 1. The molecule has 0 bridgehead atoms. The predicted molar refractivity (Wildman–Crippen MR) is 82.1 cm³/mol. The van der Waals surface area contributed by atoms with Crippen molar-refractivity contribution in [3.63, 3.8) is 0 Å². The average molecular weight is 315 g/mol. The van der Waals surface area contributed by atoms with Crippen LogP contribution in [0.15, 0.2) is 0 Å². The summed E-state index contributed by atoms with van der Waals surface area (Å²) in [5.41, 5.74) is -0.583. The molecule has 0 saturated carbocycles. The highest BCUT2D eigenvalue weighted by atomic mass is 35.5. The smallest absolute Gasteiger partial charge is 0.322 e. The number of nitrogens with zero attached hydrogens (tertiary/aromatic N) is 4. The van der Waals surface area contributed by atoms with E-state index in [2.05, 4.69) is 47.5 Å². The van der Waals surface area contributed by atoms with E-state index in [1.54, 1.807) is 0 Å². The Kier molecular flexibility index (Phi) is 4.31. The zero-order chi connectivity index (χ0) is 15.8. The maximum absolute atomic E-state index is 6.06. The van der Waals surface area contributed by atoms with Crippen molar-refractivity contribution in [3.8, 4) is 6.01 Å². The van der Waals surface area contributed by atoms with Crippen LogP contribution in [-0.4, -0.2) is 45.3 Å². The minimum absolute atomic E-state index is 0.0195. The summed E-state index contributed by atoms with van der Waals surface area (Å²) in [6.45, 7) is 13.4. The standard InChI is InChI=1S/C14H23ClN4O2/c1-9(2)20-12-17-10(15)16-11(18-12)19-7-13(3,4)21-14(5,6)8-19/h9H,7-8H2,1-6H3. The summed E-state index contributed by atoms with van der Waals surface area (Å²) in [4.78, 5) is 14.7. The van der Waals surface area contributed by atoms with Crippen LogP contribution >= 0.6 is 11.6 Å². The first kappa shape index (κ1) is 16.2. The van der Waals surface area contributed by atoms with E-state index in [0.29, 0.717) is 19.0 Å². The second kappa shape index (κ2) is 5.57. The molecule has 0 amide bonds. The normalized spacial score (nSPS) is 20.7. The van der Waals surface area contributed by atoms with Gasteiger partial charge in [-0.05, 0) is 53.1 Å². The third-order valence-electron chi connectivity index (χ3n) is 2.90. The van der Waals surface area contributed by atoms with Gasteiger partial charge in [0.15, 0.2) is 0 Å². The molecule has 1 aromatic rings. The van der Waals surface area contributed by atoms with Crippen molar-refractivity contribution in [1.29, 1.82) is 0 Å². The number of rotatable bonds is 3. The highest BCUT2D eigenvalue weighted by Gasteiger charge is 2.39. The van der Waals surface area contributed by atoms with Gasteiger partial charge in [-0.3, -0.25) is 0 Å². The molecule has 7 heteroatoms. The second-order valence-corrected chi connectivity index (χ2v) is 7.17. The Morgan fingerprint density at radius 1 is 1.10 bits per heavy atom. The van der Waals surface area contributed by atoms with E-state index in [1.165, 1.54) is 0 Å². The topological polar surface area (TPSA) is 60.4 Å². The molecule has 2 rings (SSSR count). The molecule has 1 aliphatic heterocycles. The zero-order valence-corrected chi connectivity index (χ0v) is 14.2. The second-order valence-electron chi connectivity index (χ2n) is 6.83. The maximum atomic E-state index is 6.06. The fourth-order valence-corrected chi connectivity index (χ4v) is 2.80. The van der Waals surface area contributed by atoms with Gasteiger partial charge in [-0.1, -0.05) is 0 Å². The third-order valence-corrected chi connectivity index (χ3v) is 3.06. The lowest BCUT2D eigenvalue weighted by atomic mass is 9.99. The van der Waals surface area contributed by atoms with Crippen LogP contribution in [0.5, 0.6) is 6.01 Å². The maximum Gasteiger partial charge on any atom is 0.322 e. The van der Waals surface area contributed by atoms with Crippen LogP contribution in [0.1, 0.15) is 41.5 Å². The van der Waals surface area contributed by atoms with E-state index in [9.17, 15) is 0 Å². The monoisotopic (exact) mass is 314 g/mol. The van der Waals surface area contributed by atoms with Gasteiger partial charge in [-0.15, -0.1) is 0 Å². The summed E-state index contributed by atoms with van der Waals surface area (Å²) >= 11 is 5.99. The molecule has 6 nitrogen and oxygen atoms in total. The minimum atomic E-state index is -0.292. The van der Waals surface area contributed by atoms with E-state index >= 15 is 0 Å². The largest absolute Gasteiger partial charge is 0.461 e. The van der Waals surface area contributed by atoms with Crippen LogP contribution in [0.3, 0.4) is 0 Å². The molecule has 21 heavy (non-hydrogen) atoms. The van der Waals surface area contributed by atoms with Gasteiger partial charge >= 0.3 is 6.01 Å². The molecule has 0 N–H and O–H groups in total. The van der Waals surface area contributed by atoms with E-state index < -0.39 is 0 Å². The van der Waals surface area contributed by atoms with Gasteiger partial charge in [-0.25, -0.2) is 0 Å². The van der Waals surface area contributed by atoms with Crippen LogP contribution in [0.25, 0.3) is 0 Å². The van der Waals surface area contributed by atoms with Crippen LogP contribution in [0.4, 0.5) is 5.95 Å². The van der Waals surface area contributed by atoms with Crippen molar-refractivity contribution in [3.05, 3.63) is 5.28 Å². The highest BCUT2D eigenvalue weighted by molar-refractivity contribution is 6.28. The van der Waals surface area contributed by atoms with Gasteiger partial charge in [0.25, 0.3) is 0 Å². The number of hydrogen-bond donors (Lipinski definition) is 0. The summed E-state index contributed by atoms with van der Waals surface area (Å²) in [5.74, 6) is 0.523.